The highest BCUT2D eigenvalue weighted by atomic mass is 79.9. The molecule has 0 heterocycles. The van der Waals surface area contributed by atoms with Crippen molar-refractivity contribution in [1.29, 1.82) is 0 Å². The van der Waals surface area contributed by atoms with Gasteiger partial charge in [0.15, 0.2) is 5.75 Å². The number of hydrogen-bond acceptors (Lipinski definition) is 3. The third-order valence-electron chi connectivity index (χ3n) is 1.56. The van der Waals surface area contributed by atoms with E-state index in [1.807, 2.05) is 0 Å². The van der Waals surface area contributed by atoms with Crippen molar-refractivity contribution in [3.63, 3.8) is 0 Å². The second kappa shape index (κ2) is 3.23. The lowest BCUT2D eigenvalue weighted by molar-refractivity contribution is -0.138. The summed E-state index contributed by atoms with van der Waals surface area (Å²) in [6.07, 6.45) is -4.75. The number of nitrogens with two attached hydrogens (primary N) is 1. The van der Waals surface area contributed by atoms with E-state index in [1.165, 1.54) is 0 Å². The Balaban J connectivity index is 3.49. The van der Waals surface area contributed by atoms with Gasteiger partial charge in [0.1, 0.15) is 11.3 Å². The summed E-state index contributed by atoms with van der Waals surface area (Å²) < 4.78 is 36.4. The van der Waals surface area contributed by atoms with Crippen LogP contribution in [0, 0.1) is 0 Å². The molecule has 0 saturated carbocycles. The van der Waals surface area contributed by atoms with Crippen molar-refractivity contribution < 1.29 is 23.4 Å². The summed E-state index contributed by atoms with van der Waals surface area (Å²) in [5.41, 5.74) is 3.21. The quantitative estimate of drug-likeness (QED) is 0.386. The van der Waals surface area contributed by atoms with Crippen molar-refractivity contribution in [3.05, 3.63) is 16.1 Å². The van der Waals surface area contributed by atoms with E-state index in [4.69, 9.17) is 15.9 Å². The summed E-state index contributed by atoms with van der Waals surface area (Å²) in [5, 5.41) is 18.1. The largest absolute Gasteiger partial charge is 0.507 e. The molecule has 78 valence electrons. The van der Waals surface area contributed by atoms with Crippen LogP contribution in [-0.4, -0.2) is 10.2 Å². The maximum absolute atomic E-state index is 12.2. The lowest BCUT2D eigenvalue weighted by Crippen LogP contribution is -2.06. The third-order valence-corrected chi connectivity index (χ3v) is 2.39. The minimum Gasteiger partial charge on any atom is -0.507 e. The summed E-state index contributed by atoms with van der Waals surface area (Å²) in [7, 11) is 0. The monoisotopic (exact) mass is 271 g/mol. The first-order valence-electron chi connectivity index (χ1n) is 3.32. The fourth-order valence-electron chi connectivity index (χ4n) is 0.872. The minimum absolute atomic E-state index is 0.164. The van der Waals surface area contributed by atoms with E-state index in [-0.39, 0.29) is 4.47 Å². The molecule has 0 unspecified atom stereocenters. The third kappa shape index (κ3) is 1.72. The maximum atomic E-state index is 12.2. The molecular weight excluding hydrogens is 267 g/mol. The van der Waals surface area contributed by atoms with Crippen LogP contribution < -0.4 is 5.73 Å². The van der Waals surface area contributed by atoms with Gasteiger partial charge in [-0.25, -0.2) is 0 Å². The molecule has 14 heavy (non-hydrogen) atoms. The molecule has 1 rings (SSSR count). The van der Waals surface area contributed by atoms with Crippen LogP contribution in [0.15, 0.2) is 10.5 Å². The van der Waals surface area contributed by atoms with E-state index < -0.39 is 28.9 Å². The van der Waals surface area contributed by atoms with E-state index in [2.05, 4.69) is 15.9 Å². The Kier molecular flexibility index (Phi) is 2.53. The molecule has 0 aromatic heterocycles. The first kappa shape index (κ1) is 11.0. The average Bonchev–Trinajstić information content (AvgIpc) is 2.06. The van der Waals surface area contributed by atoms with Crippen molar-refractivity contribution in [1.82, 2.24) is 0 Å². The lowest BCUT2D eigenvalue weighted by Gasteiger charge is -2.12. The first-order valence-corrected chi connectivity index (χ1v) is 4.11. The molecule has 0 fully saturated rings. The Morgan fingerprint density at radius 1 is 1.29 bits per heavy atom. The lowest BCUT2D eigenvalue weighted by atomic mass is 10.1. The van der Waals surface area contributed by atoms with Crippen molar-refractivity contribution in [2.45, 2.75) is 6.18 Å². The Morgan fingerprint density at radius 2 is 1.79 bits per heavy atom. The van der Waals surface area contributed by atoms with E-state index in [0.717, 1.165) is 0 Å². The summed E-state index contributed by atoms with van der Waals surface area (Å²) in [5.74, 6) is -1.77. The van der Waals surface area contributed by atoms with Crippen molar-refractivity contribution in [3.8, 4) is 11.5 Å². The van der Waals surface area contributed by atoms with Crippen molar-refractivity contribution in [2.24, 2.45) is 0 Å². The van der Waals surface area contributed by atoms with E-state index >= 15 is 0 Å². The highest BCUT2D eigenvalue weighted by Crippen LogP contribution is 2.45. The molecule has 0 saturated heterocycles. The SMILES string of the molecule is Nc1c(O)c(C(F)(F)F)cc(O)c1Br. The van der Waals surface area contributed by atoms with Gasteiger partial charge >= 0.3 is 6.18 Å². The van der Waals surface area contributed by atoms with Crippen LogP contribution in [0.1, 0.15) is 5.56 Å². The van der Waals surface area contributed by atoms with Crippen LogP contribution in [0.4, 0.5) is 18.9 Å². The van der Waals surface area contributed by atoms with Gasteiger partial charge in [0.2, 0.25) is 0 Å². The summed E-state index contributed by atoms with van der Waals surface area (Å²) >= 11 is 2.73. The van der Waals surface area contributed by atoms with E-state index in [9.17, 15) is 13.2 Å². The Morgan fingerprint density at radius 3 is 2.21 bits per heavy atom. The number of anilines is 1. The average molecular weight is 272 g/mol. The van der Waals surface area contributed by atoms with Crippen LogP contribution in [0.3, 0.4) is 0 Å². The standard InChI is InChI=1S/C7H5BrF3NO2/c8-4-3(13)1-2(7(9,10)11)6(14)5(4)12/h1,13-14H,12H2. The van der Waals surface area contributed by atoms with Crippen LogP contribution in [-0.2, 0) is 6.18 Å². The van der Waals surface area contributed by atoms with Crippen molar-refractivity contribution >= 4 is 21.6 Å². The Bertz CT molecular complexity index is 378. The van der Waals surface area contributed by atoms with Crippen LogP contribution in [0.25, 0.3) is 0 Å². The van der Waals surface area contributed by atoms with Crippen LogP contribution in [0.5, 0.6) is 11.5 Å². The van der Waals surface area contributed by atoms with Crippen LogP contribution >= 0.6 is 15.9 Å². The van der Waals surface area contributed by atoms with Gasteiger partial charge in [-0.3, -0.25) is 0 Å². The molecule has 3 nitrogen and oxygen atoms in total. The van der Waals surface area contributed by atoms with Gasteiger partial charge in [-0.2, -0.15) is 13.2 Å². The number of aromatic hydroxyl groups is 2. The summed E-state index contributed by atoms with van der Waals surface area (Å²) in [4.78, 5) is 0. The molecular formula is C7H5BrF3NO2. The predicted molar refractivity (Wildman–Crippen MR) is 46.9 cm³/mol. The zero-order valence-electron chi connectivity index (χ0n) is 6.56. The van der Waals surface area contributed by atoms with E-state index in [0.29, 0.717) is 6.07 Å². The smallest absolute Gasteiger partial charge is 0.420 e. The van der Waals surface area contributed by atoms with Gasteiger partial charge in [0, 0.05) is 0 Å². The summed E-state index contributed by atoms with van der Waals surface area (Å²) in [6.45, 7) is 0. The maximum Gasteiger partial charge on any atom is 0.420 e. The molecule has 1 aromatic rings. The summed E-state index contributed by atoms with van der Waals surface area (Å²) in [6, 6.07) is 0.399. The highest BCUT2D eigenvalue weighted by molar-refractivity contribution is 9.10. The van der Waals surface area contributed by atoms with E-state index in [1.54, 1.807) is 0 Å². The van der Waals surface area contributed by atoms with Gasteiger partial charge in [-0.1, -0.05) is 0 Å². The molecule has 0 radical (unpaired) electrons. The zero-order chi connectivity index (χ0) is 11.1. The number of nitrogen functional groups attached to an aromatic ring is 1. The van der Waals surface area contributed by atoms with Gasteiger partial charge < -0.3 is 15.9 Å². The molecule has 0 aliphatic carbocycles. The number of benzene rings is 1. The minimum atomic E-state index is -4.75. The fourth-order valence-corrected chi connectivity index (χ4v) is 1.17. The molecule has 0 aliphatic heterocycles. The number of rotatable bonds is 0. The second-order valence-corrected chi connectivity index (χ2v) is 3.31. The Labute approximate surface area is 85.1 Å². The normalized spacial score (nSPS) is 11.7. The van der Waals surface area contributed by atoms with Gasteiger partial charge in [-0.15, -0.1) is 0 Å². The zero-order valence-corrected chi connectivity index (χ0v) is 8.15. The van der Waals surface area contributed by atoms with Gasteiger partial charge in [0.25, 0.3) is 0 Å². The Hall–Kier alpha value is -1.11. The van der Waals surface area contributed by atoms with Gasteiger partial charge in [-0.05, 0) is 22.0 Å². The molecule has 0 bridgehead atoms. The number of phenolic OH excluding ortho intramolecular Hbond substituents is 2. The highest BCUT2D eigenvalue weighted by Gasteiger charge is 2.36. The first-order chi connectivity index (χ1) is 6.25. The molecule has 4 N–H and O–H groups in total. The molecule has 0 atom stereocenters. The number of halogens is 4. The van der Waals surface area contributed by atoms with Gasteiger partial charge in [0.05, 0.1) is 10.2 Å². The predicted octanol–water partition coefficient (Wildman–Crippen LogP) is 2.46. The van der Waals surface area contributed by atoms with Crippen LogP contribution in [0.2, 0.25) is 0 Å². The molecule has 1 aromatic carbocycles. The molecule has 0 spiro atoms. The number of hydrogen-bond donors (Lipinski definition) is 3. The number of phenols is 2. The van der Waals surface area contributed by atoms with Crippen molar-refractivity contribution in [2.75, 3.05) is 5.73 Å². The molecule has 0 amide bonds. The molecule has 0 aliphatic rings. The molecule has 7 heteroatoms. The number of alkyl halides is 3. The second-order valence-electron chi connectivity index (χ2n) is 2.52. The topological polar surface area (TPSA) is 66.5 Å². The fraction of sp³-hybridized carbons (Fsp3) is 0.143.